The number of aromatic amines is 1. The van der Waals surface area contributed by atoms with Gasteiger partial charge in [0.15, 0.2) is 0 Å². The lowest BCUT2D eigenvalue weighted by Crippen LogP contribution is -2.16. The summed E-state index contributed by atoms with van der Waals surface area (Å²) < 4.78 is 5.52. The molecule has 0 saturated heterocycles. The van der Waals surface area contributed by atoms with Crippen LogP contribution < -0.4 is 15.7 Å². The lowest BCUT2D eigenvalue weighted by molar-refractivity contribution is 0.411. The van der Waals surface area contributed by atoms with E-state index in [9.17, 15) is 10.1 Å². The Morgan fingerprint density at radius 3 is 2.63 bits per heavy atom. The third-order valence-electron chi connectivity index (χ3n) is 5.18. The maximum absolute atomic E-state index is 12.4. The zero-order valence-electron chi connectivity index (χ0n) is 19.3. The van der Waals surface area contributed by atoms with Gasteiger partial charge in [0.2, 0.25) is 5.95 Å². The first-order chi connectivity index (χ1) is 17.1. The number of H-pyrrole nitrogens is 1. The molecule has 4 rings (SSSR count). The van der Waals surface area contributed by atoms with E-state index in [4.69, 9.17) is 4.74 Å². The summed E-state index contributed by atoms with van der Waals surface area (Å²) in [5, 5.41) is 13.6. The summed E-state index contributed by atoms with van der Waals surface area (Å²) in [5.41, 5.74) is 6.29. The number of ether oxygens (including phenoxy) is 1. The second-order valence-corrected chi connectivity index (χ2v) is 8.71. The van der Waals surface area contributed by atoms with Crippen molar-refractivity contribution in [3.8, 4) is 23.1 Å². The summed E-state index contributed by atoms with van der Waals surface area (Å²) in [5.74, 6) is 1.69. The fraction of sp³-hybridized carbons (Fsp3) is 0.111. The summed E-state index contributed by atoms with van der Waals surface area (Å²) in [7, 11) is 1.65. The monoisotopic (exact) mass is 481 g/mol. The maximum atomic E-state index is 12.4. The highest BCUT2D eigenvalue weighted by Crippen LogP contribution is 2.29. The molecule has 0 aliphatic carbocycles. The standard InChI is InChI=1S/C27H23N5O2S/c1-18-8-11-22(12-9-18)35-17-21-14-19(10-13-24(21)34-2)16-29-32-27-30-25(20-6-4-3-5-7-20)23(15-28)26(33)31-27/h3-14,16H,17H2,1-2H3,(H2,30,31,32,33). The van der Waals surface area contributed by atoms with E-state index in [-0.39, 0.29) is 11.5 Å². The third-order valence-corrected chi connectivity index (χ3v) is 6.24. The number of benzene rings is 3. The van der Waals surface area contributed by atoms with Gasteiger partial charge in [-0.1, -0.05) is 48.0 Å². The summed E-state index contributed by atoms with van der Waals surface area (Å²) in [6, 6.07) is 25.2. The van der Waals surface area contributed by atoms with Crippen LogP contribution in [-0.4, -0.2) is 23.3 Å². The molecule has 2 N–H and O–H groups in total. The van der Waals surface area contributed by atoms with Crippen molar-refractivity contribution >= 4 is 23.9 Å². The Kier molecular flexibility index (Phi) is 7.60. The van der Waals surface area contributed by atoms with E-state index in [1.807, 2.05) is 42.5 Å². The molecule has 0 unspecified atom stereocenters. The van der Waals surface area contributed by atoms with E-state index in [1.54, 1.807) is 37.2 Å². The summed E-state index contributed by atoms with van der Waals surface area (Å²) in [6.45, 7) is 2.07. The smallest absolute Gasteiger partial charge is 0.270 e. The van der Waals surface area contributed by atoms with Crippen molar-refractivity contribution in [1.82, 2.24) is 9.97 Å². The van der Waals surface area contributed by atoms with Crippen LogP contribution >= 0.6 is 11.8 Å². The molecular formula is C27H23N5O2S. The Hall–Kier alpha value is -4.35. The second-order valence-electron chi connectivity index (χ2n) is 7.66. The quantitative estimate of drug-likeness (QED) is 0.199. The summed E-state index contributed by atoms with van der Waals surface area (Å²) in [6.07, 6.45) is 1.64. The molecule has 174 valence electrons. The highest BCUT2D eigenvalue weighted by Gasteiger charge is 2.13. The minimum Gasteiger partial charge on any atom is -0.496 e. The van der Waals surface area contributed by atoms with Gasteiger partial charge in [0.1, 0.15) is 17.4 Å². The lowest BCUT2D eigenvalue weighted by Gasteiger charge is -2.10. The maximum Gasteiger partial charge on any atom is 0.270 e. The van der Waals surface area contributed by atoms with Gasteiger partial charge in [-0.15, -0.1) is 11.8 Å². The molecule has 0 amide bonds. The molecule has 3 aromatic carbocycles. The fourth-order valence-electron chi connectivity index (χ4n) is 3.39. The van der Waals surface area contributed by atoms with Gasteiger partial charge in [-0.3, -0.25) is 9.78 Å². The van der Waals surface area contributed by atoms with Gasteiger partial charge < -0.3 is 4.74 Å². The minimum absolute atomic E-state index is 0.0448. The third kappa shape index (κ3) is 5.96. The van der Waals surface area contributed by atoms with Crippen LogP contribution in [0.15, 0.2) is 87.6 Å². The van der Waals surface area contributed by atoms with Crippen molar-refractivity contribution in [2.45, 2.75) is 17.6 Å². The van der Waals surface area contributed by atoms with Crippen molar-refractivity contribution < 1.29 is 4.74 Å². The molecule has 0 fully saturated rings. The van der Waals surface area contributed by atoms with Gasteiger partial charge in [0, 0.05) is 21.8 Å². The fourth-order valence-corrected chi connectivity index (χ4v) is 4.27. The molecule has 0 atom stereocenters. The number of anilines is 1. The highest BCUT2D eigenvalue weighted by molar-refractivity contribution is 7.98. The molecule has 4 aromatic rings. The van der Waals surface area contributed by atoms with Gasteiger partial charge in [-0.05, 0) is 42.8 Å². The van der Waals surface area contributed by atoms with E-state index in [2.05, 4.69) is 51.7 Å². The van der Waals surface area contributed by atoms with Gasteiger partial charge >= 0.3 is 0 Å². The van der Waals surface area contributed by atoms with E-state index in [0.717, 1.165) is 22.6 Å². The van der Waals surface area contributed by atoms with Crippen LogP contribution in [0.2, 0.25) is 0 Å². The Balaban J connectivity index is 1.52. The van der Waals surface area contributed by atoms with Crippen LogP contribution in [0.5, 0.6) is 5.75 Å². The van der Waals surface area contributed by atoms with Crippen LogP contribution in [0, 0.1) is 18.3 Å². The average Bonchev–Trinajstić information content (AvgIpc) is 2.88. The number of nitriles is 1. The number of hydrogen-bond donors (Lipinski definition) is 2. The first-order valence-corrected chi connectivity index (χ1v) is 11.8. The predicted octanol–water partition coefficient (Wildman–Crippen LogP) is 5.36. The molecule has 7 nitrogen and oxygen atoms in total. The molecule has 8 heteroatoms. The molecular weight excluding hydrogens is 458 g/mol. The topological polar surface area (TPSA) is 103 Å². The van der Waals surface area contributed by atoms with Gasteiger partial charge in [0.25, 0.3) is 5.56 Å². The number of thioether (sulfide) groups is 1. The van der Waals surface area contributed by atoms with Crippen molar-refractivity contribution in [2.75, 3.05) is 12.5 Å². The van der Waals surface area contributed by atoms with E-state index in [0.29, 0.717) is 11.3 Å². The zero-order chi connectivity index (χ0) is 24.6. The zero-order valence-corrected chi connectivity index (χ0v) is 20.1. The lowest BCUT2D eigenvalue weighted by atomic mass is 10.1. The SMILES string of the molecule is COc1ccc(C=NNc2nc(-c3ccccc3)c(C#N)c(=O)[nH]2)cc1CSc1ccc(C)cc1. The minimum atomic E-state index is -0.529. The van der Waals surface area contributed by atoms with E-state index >= 15 is 0 Å². The number of hydrazone groups is 1. The molecule has 0 aliphatic rings. The Morgan fingerprint density at radius 1 is 1.14 bits per heavy atom. The number of nitrogens with one attached hydrogen (secondary N) is 2. The van der Waals surface area contributed by atoms with Crippen molar-refractivity contribution in [2.24, 2.45) is 5.10 Å². The summed E-state index contributed by atoms with van der Waals surface area (Å²) in [4.78, 5) is 20.5. The van der Waals surface area contributed by atoms with E-state index < -0.39 is 5.56 Å². The number of aryl methyl sites for hydroxylation is 1. The molecule has 0 saturated carbocycles. The van der Waals surface area contributed by atoms with Gasteiger partial charge in [-0.25, -0.2) is 10.4 Å². The molecule has 1 heterocycles. The second kappa shape index (κ2) is 11.2. The largest absolute Gasteiger partial charge is 0.496 e. The molecule has 0 aliphatic heterocycles. The number of methoxy groups -OCH3 is 1. The van der Waals surface area contributed by atoms with Gasteiger partial charge in [-0.2, -0.15) is 10.4 Å². The highest BCUT2D eigenvalue weighted by atomic mass is 32.2. The number of aromatic nitrogens is 2. The van der Waals surface area contributed by atoms with Crippen LogP contribution in [0.1, 0.15) is 22.3 Å². The summed E-state index contributed by atoms with van der Waals surface area (Å²) >= 11 is 1.73. The number of rotatable bonds is 8. The molecule has 0 bridgehead atoms. The van der Waals surface area contributed by atoms with Crippen molar-refractivity contribution in [1.29, 1.82) is 5.26 Å². The average molecular weight is 482 g/mol. The predicted molar refractivity (Wildman–Crippen MR) is 140 cm³/mol. The van der Waals surface area contributed by atoms with Crippen LogP contribution in [0.4, 0.5) is 5.95 Å². The normalized spacial score (nSPS) is 10.8. The van der Waals surface area contributed by atoms with E-state index in [1.165, 1.54) is 10.5 Å². The molecule has 0 spiro atoms. The first kappa shape index (κ1) is 23.8. The Labute approximate surface area is 207 Å². The Bertz CT molecular complexity index is 1440. The van der Waals surface area contributed by atoms with Crippen LogP contribution in [0.25, 0.3) is 11.3 Å². The van der Waals surface area contributed by atoms with Crippen molar-refractivity contribution in [3.05, 3.63) is 105 Å². The molecule has 35 heavy (non-hydrogen) atoms. The van der Waals surface area contributed by atoms with Crippen molar-refractivity contribution in [3.63, 3.8) is 0 Å². The molecule has 0 radical (unpaired) electrons. The first-order valence-electron chi connectivity index (χ1n) is 10.8. The van der Waals surface area contributed by atoms with Crippen LogP contribution in [0.3, 0.4) is 0 Å². The molecule has 1 aromatic heterocycles. The number of nitrogens with zero attached hydrogens (tertiary/aromatic N) is 3. The number of hydrogen-bond acceptors (Lipinski definition) is 7. The Morgan fingerprint density at radius 2 is 1.91 bits per heavy atom. The van der Waals surface area contributed by atoms with Gasteiger partial charge in [0.05, 0.1) is 19.0 Å². The van der Waals surface area contributed by atoms with Crippen LogP contribution in [-0.2, 0) is 5.75 Å².